The van der Waals surface area contributed by atoms with Crippen molar-refractivity contribution in [3.05, 3.63) is 71.6 Å². The lowest BCUT2D eigenvalue weighted by molar-refractivity contribution is 0.0950. The minimum atomic E-state index is -0.554. The number of nitrogens with zero attached hydrogens (tertiary/aromatic N) is 4. The van der Waals surface area contributed by atoms with Gasteiger partial charge in [-0.05, 0) is 50.6 Å². The molecule has 1 amide bonds. The highest BCUT2D eigenvalue weighted by Gasteiger charge is 2.16. The molecule has 32 heavy (non-hydrogen) atoms. The number of aryl methyl sites for hydroxylation is 1. The number of hydrazone groups is 1. The molecule has 0 aliphatic carbocycles. The SMILES string of the molecule is Cc1ccc(F)c(/C=N/NC(=O)c2cncc(-c3ccc(OCCC4CNC4)nc3)n2)c1. The minimum Gasteiger partial charge on any atom is -0.478 e. The lowest BCUT2D eigenvalue weighted by atomic mass is 10.0. The summed E-state index contributed by atoms with van der Waals surface area (Å²) in [6.07, 6.45) is 6.76. The van der Waals surface area contributed by atoms with Crippen LogP contribution in [-0.4, -0.2) is 46.8 Å². The van der Waals surface area contributed by atoms with Gasteiger partial charge in [-0.25, -0.2) is 19.8 Å². The number of carbonyl (C=O) groups is 1. The van der Waals surface area contributed by atoms with Crippen molar-refractivity contribution in [2.45, 2.75) is 13.3 Å². The smallest absolute Gasteiger partial charge is 0.291 e. The van der Waals surface area contributed by atoms with Crippen molar-refractivity contribution in [2.75, 3.05) is 19.7 Å². The van der Waals surface area contributed by atoms with Crippen molar-refractivity contribution in [1.82, 2.24) is 25.7 Å². The summed E-state index contributed by atoms with van der Waals surface area (Å²) < 4.78 is 19.4. The van der Waals surface area contributed by atoms with Crippen molar-refractivity contribution in [3.63, 3.8) is 0 Å². The molecule has 1 saturated heterocycles. The molecular weight excluding hydrogens is 411 g/mol. The van der Waals surface area contributed by atoms with Gasteiger partial charge in [-0.2, -0.15) is 5.10 Å². The highest BCUT2D eigenvalue weighted by atomic mass is 19.1. The van der Waals surface area contributed by atoms with Crippen molar-refractivity contribution in [1.29, 1.82) is 0 Å². The molecule has 0 unspecified atom stereocenters. The second kappa shape index (κ2) is 10.1. The van der Waals surface area contributed by atoms with Crippen LogP contribution in [0.4, 0.5) is 4.39 Å². The van der Waals surface area contributed by atoms with Gasteiger partial charge in [0.1, 0.15) is 11.5 Å². The molecule has 164 valence electrons. The molecule has 0 bridgehead atoms. The Morgan fingerprint density at radius 1 is 1.28 bits per heavy atom. The molecule has 1 aliphatic heterocycles. The van der Waals surface area contributed by atoms with Gasteiger partial charge in [-0.1, -0.05) is 11.6 Å². The van der Waals surface area contributed by atoms with E-state index in [-0.39, 0.29) is 11.3 Å². The van der Waals surface area contributed by atoms with E-state index in [9.17, 15) is 9.18 Å². The largest absolute Gasteiger partial charge is 0.478 e. The third kappa shape index (κ3) is 5.50. The average molecular weight is 434 g/mol. The topological polar surface area (TPSA) is 101 Å². The van der Waals surface area contributed by atoms with Gasteiger partial charge >= 0.3 is 0 Å². The Morgan fingerprint density at radius 3 is 2.91 bits per heavy atom. The first-order chi connectivity index (χ1) is 15.6. The summed E-state index contributed by atoms with van der Waals surface area (Å²) >= 11 is 0. The second-order valence-electron chi connectivity index (χ2n) is 7.56. The number of amides is 1. The number of benzene rings is 1. The molecular formula is C23H23FN6O2. The van der Waals surface area contributed by atoms with Gasteiger partial charge in [0.2, 0.25) is 5.88 Å². The zero-order valence-electron chi connectivity index (χ0n) is 17.6. The molecule has 1 aliphatic rings. The minimum absolute atomic E-state index is 0.0822. The summed E-state index contributed by atoms with van der Waals surface area (Å²) in [5.74, 6) is 0.247. The number of carbonyl (C=O) groups excluding carboxylic acids is 1. The van der Waals surface area contributed by atoms with Crippen LogP contribution in [0.1, 0.15) is 28.0 Å². The monoisotopic (exact) mass is 434 g/mol. The Labute approximate surface area is 185 Å². The van der Waals surface area contributed by atoms with Gasteiger partial charge in [-0.15, -0.1) is 0 Å². The second-order valence-corrected chi connectivity index (χ2v) is 7.56. The maximum Gasteiger partial charge on any atom is 0.291 e. The summed E-state index contributed by atoms with van der Waals surface area (Å²) in [7, 11) is 0. The number of ether oxygens (including phenoxy) is 1. The van der Waals surface area contributed by atoms with Crippen LogP contribution in [0.5, 0.6) is 5.88 Å². The van der Waals surface area contributed by atoms with Crippen LogP contribution in [0, 0.1) is 18.7 Å². The molecule has 0 spiro atoms. The molecule has 3 heterocycles. The van der Waals surface area contributed by atoms with Crippen molar-refractivity contribution < 1.29 is 13.9 Å². The molecule has 0 saturated carbocycles. The fourth-order valence-electron chi connectivity index (χ4n) is 3.09. The van der Waals surface area contributed by atoms with Crippen LogP contribution in [0.2, 0.25) is 0 Å². The number of hydrogen-bond donors (Lipinski definition) is 2. The van der Waals surface area contributed by atoms with Crippen LogP contribution < -0.4 is 15.5 Å². The molecule has 9 heteroatoms. The Hall–Kier alpha value is -3.72. The van der Waals surface area contributed by atoms with Crippen LogP contribution in [-0.2, 0) is 0 Å². The summed E-state index contributed by atoms with van der Waals surface area (Å²) in [6.45, 7) is 4.57. The summed E-state index contributed by atoms with van der Waals surface area (Å²) in [6, 6.07) is 8.23. The molecule has 2 aromatic heterocycles. The lowest BCUT2D eigenvalue weighted by Crippen LogP contribution is -2.42. The Bertz CT molecular complexity index is 1120. The van der Waals surface area contributed by atoms with Crippen molar-refractivity contribution in [2.24, 2.45) is 11.0 Å². The normalized spacial score (nSPS) is 13.7. The van der Waals surface area contributed by atoms with Gasteiger partial charge < -0.3 is 10.1 Å². The highest BCUT2D eigenvalue weighted by Crippen LogP contribution is 2.18. The number of nitrogens with one attached hydrogen (secondary N) is 2. The Morgan fingerprint density at radius 2 is 2.16 bits per heavy atom. The van der Waals surface area contributed by atoms with Crippen LogP contribution in [0.15, 0.2) is 54.0 Å². The fraction of sp³-hybridized carbons (Fsp3) is 0.261. The zero-order chi connectivity index (χ0) is 22.3. The number of pyridine rings is 1. The van der Waals surface area contributed by atoms with E-state index in [2.05, 4.69) is 30.8 Å². The highest BCUT2D eigenvalue weighted by molar-refractivity contribution is 5.93. The van der Waals surface area contributed by atoms with Gasteiger partial charge in [0.15, 0.2) is 0 Å². The first kappa shape index (κ1) is 21.5. The van der Waals surface area contributed by atoms with Crippen LogP contribution >= 0.6 is 0 Å². The number of rotatable bonds is 8. The predicted molar refractivity (Wildman–Crippen MR) is 118 cm³/mol. The number of hydrogen-bond acceptors (Lipinski definition) is 7. The molecule has 1 aromatic carbocycles. The van der Waals surface area contributed by atoms with E-state index < -0.39 is 11.7 Å². The molecule has 0 radical (unpaired) electrons. The third-order valence-electron chi connectivity index (χ3n) is 5.06. The molecule has 0 atom stereocenters. The van der Waals surface area contributed by atoms with E-state index in [0.717, 1.165) is 25.1 Å². The van der Waals surface area contributed by atoms with Crippen molar-refractivity contribution in [3.8, 4) is 17.1 Å². The average Bonchev–Trinajstić information content (AvgIpc) is 2.78. The van der Waals surface area contributed by atoms with Crippen LogP contribution in [0.25, 0.3) is 11.3 Å². The van der Waals surface area contributed by atoms with E-state index in [1.165, 1.54) is 18.5 Å². The first-order valence-electron chi connectivity index (χ1n) is 10.3. The molecule has 3 aromatic rings. The Kier molecular flexibility index (Phi) is 6.76. The van der Waals surface area contributed by atoms with Crippen molar-refractivity contribution >= 4 is 12.1 Å². The van der Waals surface area contributed by atoms with Gasteiger partial charge in [-0.3, -0.25) is 9.78 Å². The lowest BCUT2D eigenvalue weighted by Gasteiger charge is -2.26. The molecule has 2 N–H and O–H groups in total. The third-order valence-corrected chi connectivity index (χ3v) is 5.06. The summed E-state index contributed by atoms with van der Waals surface area (Å²) in [4.78, 5) is 25.1. The molecule has 1 fully saturated rings. The zero-order valence-corrected chi connectivity index (χ0v) is 17.6. The summed E-state index contributed by atoms with van der Waals surface area (Å²) in [5.41, 5.74) is 4.79. The fourth-order valence-corrected chi connectivity index (χ4v) is 3.09. The maximum absolute atomic E-state index is 13.8. The van der Waals surface area contributed by atoms with Gasteiger partial charge in [0.25, 0.3) is 5.91 Å². The van der Waals surface area contributed by atoms with E-state index >= 15 is 0 Å². The first-order valence-corrected chi connectivity index (χ1v) is 10.3. The molecule has 4 rings (SSSR count). The number of aromatic nitrogens is 3. The van der Waals surface area contributed by atoms with E-state index in [0.29, 0.717) is 29.7 Å². The van der Waals surface area contributed by atoms with Gasteiger partial charge in [0.05, 0.1) is 30.9 Å². The van der Waals surface area contributed by atoms with E-state index in [4.69, 9.17) is 4.74 Å². The summed E-state index contributed by atoms with van der Waals surface area (Å²) in [5, 5.41) is 7.06. The number of halogens is 1. The van der Waals surface area contributed by atoms with Gasteiger partial charge in [0, 0.05) is 23.4 Å². The van der Waals surface area contributed by atoms with E-state index in [1.54, 1.807) is 30.6 Å². The predicted octanol–water partition coefficient (Wildman–Crippen LogP) is 2.74. The standard InChI is InChI=1S/C23H23FN6O2/c1-15-2-4-19(24)18(8-15)12-28-30-23(31)21-14-26-13-20(29-21)17-3-5-22(27-11-17)32-7-6-16-9-25-10-16/h2-5,8,11-14,16,25H,6-7,9-10H2,1H3,(H,30,31)/b28-12+. The quantitative estimate of drug-likeness (QED) is 0.418. The van der Waals surface area contributed by atoms with E-state index in [1.807, 2.05) is 13.0 Å². The van der Waals surface area contributed by atoms with Crippen LogP contribution in [0.3, 0.4) is 0 Å². The molecule has 8 nitrogen and oxygen atoms in total. The Balaban J connectivity index is 1.36. The maximum atomic E-state index is 13.8.